The zero-order valence-corrected chi connectivity index (χ0v) is 14.2. The molecule has 0 N–H and O–H groups in total. The Kier molecular flexibility index (Phi) is 4.41. The molecular formula is C20H32N2. The summed E-state index contributed by atoms with van der Waals surface area (Å²) < 4.78 is 0. The molecule has 0 amide bonds. The van der Waals surface area contributed by atoms with Crippen molar-refractivity contribution in [3.8, 4) is 0 Å². The topological polar surface area (TPSA) is 6.48 Å². The van der Waals surface area contributed by atoms with Gasteiger partial charge in [-0.05, 0) is 62.8 Å². The van der Waals surface area contributed by atoms with Crippen LogP contribution in [0.2, 0.25) is 0 Å². The molecule has 0 spiro atoms. The van der Waals surface area contributed by atoms with Crippen LogP contribution in [0.15, 0.2) is 24.3 Å². The molecule has 2 fully saturated rings. The van der Waals surface area contributed by atoms with Crippen LogP contribution in [0.1, 0.15) is 45.4 Å². The van der Waals surface area contributed by atoms with Gasteiger partial charge in [-0.25, -0.2) is 0 Å². The lowest BCUT2D eigenvalue weighted by molar-refractivity contribution is 0.0709. The average molecular weight is 300 g/mol. The van der Waals surface area contributed by atoms with E-state index in [-0.39, 0.29) is 0 Å². The van der Waals surface area contributed by atoms with Gasteiger partial charge in [0.15, 0.2) is 0 Å². The Balaban J connectivity index is 1.39. The van der Waals surface area contributed by atoms with Crippen molar-refractivity contribution in [1.29, 1.82) is 0 Å². The molecule has 0 aromatic carbocycles. The maximum atomic E-state index is 2.78. The summed E-state index contributed by atoms with van der Waals surface area (Å²) in [6.45, 7) is 7.61. The van der Waals surface area contributed by atoms with E-state index in [4.69, 9.17) is 0 Å². The van der Waals surface area contributed by atoms with Crippen LogP contribution in [0, 0.1) is 17.8 Å². The fraction of sp³-hybridized carbons (Fsp3) is 0.800. The Bertz CT molecular complexity index is 441. The maximum Gasteiger partial charge on any atom is 0.0278 e. The summed E-state index contributed by atoms with van der Waals surface area (Å²) >= 11 is 0. The second kappa shape index (κ2) is 6.49. The lowest BCUT2D eigenvalue weighted by Crippen LogP contribution is -2.49. The van der Waals surface area contributed by atoms with Crippen LogP contribution in [-0.4, -0.2) is 48.1 Å². The predicted molar refractivity (Wildman–Crippen MR) is 92.8 cm³/mol. The van der Waals surface area contributed by atoms with Crippen LogP contribution >= 0.6 is 0 Å². The van der Waals surface area contributed by atoms with Crippen LogP contribution in [0.25, 0.3) is 0 Å². The van der Waals surface area contributed by atoms with E-state index in [1.54, 1.807) is 0 Å². The van der Waals surface area contributed by atoms with Crippen LogP contribution in [0.5, 0.6) is 0 Å². The highest BCUT2D eigenvalue weighted by Crippen LogP contribution is 2.35. The minimum atomic E-state index is 0.757. The normalized spacial score (nSPS) is 42.9. The van der Waals surface area contributed by atoms with Crippen molar-refractivity contribution in [3.63, 3.8) is 0 Å². The van der Waals surface area contributed by atoms with Gasteiger partial charge in [0.25, 0.3) is 0 Å². The van der Waals surface area contributed by atoms with E-state index in [0.29, 0.717) is 0 Å². The van der Waals surface area contributed by atoms with Gasteiger partial charge in [-0.3, -0.25) is 9.80 Å². The summed E-state index contributed by atoms with van der Waals surface area (Å²) in [4.78, 5) is 5.52. The summed E-state index contributed by atoms with van der Waals surface area (Å²) in [6, 6.07) is 1.60. The molecule has 22 heavy (non-hydrogen) atoms. The van der Waals surface area contributed by atoms with Crippen molar-refractivity contribution in [2.24, 2.45) is 17.8 Å². The second-order valence-corrected chi connectivity index (χ2v) is 8.26. The minimum Gasteiger partial charge on any atom is -0.296 e. The van der Waals surface area contributed by atoms with E-state index in [1.807, 2.05) is 0 Å². The van der Waals surface area contributed by atoms with E-state index in [2.05, 4.69) is 41.0 Å². The van der Waals surface area contributed by atoms with Gasteiger partial charge in [0.1, 0.15) is 0 Å². The minimum absolute atomic E-state index is 0.757. The van der Waals surface area contributed by atoms with Gasteiger partial charge in [-0.2, -0.15) is 0 Å². The van der Waals surface area contributed by atoms with Crippen molar-refractivity contribution in [2.75, 3.05) is 26.2 Å². The summed E-state index contributed by atoms with van der Waals surface area (Å²) in [6.07, 6.45) is 18.3. The first-order valence-corrected chi connectivity index (χ1v) is 9.61. The Morgan fingerprint density at radius 3 is 2.91 bits per heavy atom. The third-order valence-electron chi connectivity index (χ3n) is 6.57. The van der Waals surface area contributed by atoms with Crippen molar-refractivity contribution in [2.45, 2.75) is 57.5 Å². The van der Waals surface area contributed by atoms with Crippen LogP contribution in [0.4, 0.5) is 0 Å². The second-order valence-electron chi connectivity index (χ2n) is 8.26. The number of hydrogen-bond acceptors (Lipinski definition) is 2. The molecule has 2 nitrogen and oxygen atoms in total. The predicted octanol–water partition coefficient (Wildman–Crippen LogP) is 3.70. The lowest BCUT2D eigenvalue weighted by Gasteiger charge is -2.45. The number of nitrogens with zero attached hydrogens (tertiary/aromatic N) is 2. The van der Waals surface area contributed by atoms with Crippen LogP contribution < -0.4 is 0 Å². The average Bonchev–Trinajstić information content (AvgIpc) is 2.55. The van der Waals surface area contributed by atoms with Gasteiger partial charge < -0.3 is 0 Å². The molecule has 5 atom stereocenters. The summed E-state index contributed by atoms with van der Waals surface area (Å²) in [5.41, 5.74) is 0. The summed E-state index contributed by atoms with van der Waals surface area (Å²) in [7, 11) is 0. The largest absolute Gasteiger partial charge is 0.296 e. The third kappa shape index (κ3) is 3.05. The molecule has 0 aliphatic carbocycles. The van der Waals surface area contributed by atoms with E-state index >= 15 is 0 Å². The Hall–Kier alpha value is -0.600. The number of hydrogen-bond donors (Lipinski definition) is 0. The quantitative estimate of drug-likeness (QED) is 0.717. The molecule has 2 heteroatoms. The number of piperidine rings is 2. The monoisotopic (exact) mass is 300 g/mol. The van der Waals surface area contributed by atoms with Gasteiger partial charge in [-0.1, -0.05) is 31.2 Å². The molecule has 0 aromatic heterocycles. The molecule has 5 unspecified atom stereocenters. The fourth-order valence-corrected chi connectivity index (χ4v) is 5.38. The van der Waals surface area contributed by atoms with Gasteiger partial charge in [0, 0.05) is 31.7 Å². The van der Waals surface area contributed by atoms with E-state index in [1.165, 1.54) is 64.7 Å². The maximum absolute atomic E-state index is 2.78. The standard InChI is InChI=1S/C20H32N2/c1-16-7-9-19-10-8-17(15-22(19)14-16)13-18-5-4-12-21-11-3-2-6-20(18)21/h2-3,8,10,16-20H,4-7,9,11-15H2,1H3. The van der Waals surface area contributed by atoms with E-state index in [9.17, 15) is 0 Å². The molecule has 4 heterocycles. The smallest absolute Gasteiger partial charge is 0.0278 e. The first-order valence-electron chi connectivity index (χ1n) is 9.61. The number of fused-ring (bicyclic) bond motifs is 2. The Morgan fingerprint density at radius 1 is 1.00 bits per heavy atom. The number of rotatable bonds is 2. The van der Waals surface area contributed by atoms with Crippen molar-refractivity contribution >= 4 is 0 Å². The van der Waals surface area contributed by atoms with Gasteiger partial charge >= 0.3 is 0 Å². The molecular weight excluding hydrogens is 268 g/mol. The zero-order valence-electron chi connectivity index (χ0n) is 14.2. The highest BCUT2D eigenvalue weighted by molar-refractivity contribution is 5.07. The molecule has 2 saturated heterocycles. The molecule has 4 aliphatic rings. The third-order valence-corrected chi connectivity index (χ3v) is 6.57. The van der Waals surface area contributed by atoms with Gasteiger partial charge in [0.05, 0.1) is 0 Å². The van der Waals surface area contributed by atoms with Crippen molar-refractivity contribution in [3.05, 3.63) is 24.3 Å². The SMILES string of the molecule is CC1CCC2C=CC(CC3CCCN4CC=CCC34)CN2C1. The zero-order chi connectivity index (χ0) is 14.9. The van der Waals surface area contributed by atoms with Gasteiger partial charge in [0.2, 0.25) is 0 Å². The van der Waals surface area contributed by atoms with Crippen molar-refractivity contribution in [1.82, 2.24) is 9.80 Å². The highest BCUT2D eigenvalue weighted by atomic mass is 15.2. The summed E-state index contributed by atoms with van der Waals surface area (Å²) in [5, 5.41) is 0. The fourth-order valence-electron chi connectivity index (χ4n) is 5.38. The molecule has 4 aliphatic heterocycles. The van der Waals surface area contributed by atoms with Gasteiger partial charge in [-0.15, -0.1) is 0 Å². The lowest BCUT2D eigenvalue weighted by atomic mass is 9.78. The molecule has 0 bridgehead atoms. The Morgan fingerprint density at radius 2 is 1.95 bits per heavy atom. The van der Waals surface area contributed by atoms with Crippen LogP contribution in [0.3, 0.4) is 0 Å². The first-order chi connectivity index (χ1) is 10.8. The highest BCUT2D eigenvalue weighted by Gasteiger charge is 2.35. The first kappa shape index (κ1) is 15.0. The van der Waals surface area contributed by atoms with Crippen molar-refractivity contribution < 1.29 is 0 Å². The Labute approximate surface area is 136 Å². The van der Waals surface area contributed by atoms with E-state index in [0.717, 1.165) is 29.8 Å². The molecule has 0 radical (unpaired) electrons. The van der Waals surface area contributed by atoms with Crippen LogP contribution in [-0.2, 0) is 0 Å². The molecule has 0 saturated carbocycles. The summed E-state index contributed by atoms with van der Waals surface area (Å²) in [5.74, 6) is 2.63. The molecule has 0 aromatic rings. The molecule has 122 valence electrons. The van der Waals surface area contributed by atoms with E-state index < -0.39 is 0 Å². The molecule has 4 rings (SSSR count).